The van der Waals surface area contributed by atoms with Crippen molar-refractivity contribution in [1.82, 2.24) is 4.98 Å². The molecular weight excluding hydrogens is 252 g/mol. The quantitative estimate of drug-likeness (QED) is 0.771. The topological polar surface area (TPSA) is 47.3 Å². The summed E-state index contributed by atoms with van der Waals surface area (Å²) in [6, 6.07) is 11.9. The fraction of sp³-hybridized carbons (Fsp3) is 0.188. The van der Waals surface area contributed by atoms with Crippen molar-refractivity contribution in [3.8, 4) is 17.2 Å². The van der Waals surface area contributed by atoms with Crippen molar-refractivity contribution in [2.24, 2.45) is 0 Å². The smallest absolute Gasteiger partial charge is 0.227 e. The Bertz CT molecular complexity index is 792. The van der Waals surface area contributed by atoms with Crippen LogP contribution in [0.15, 0.2) is 40.8 Å². The van der Waals surface area contributed by atoms with Crippen molar-refractivity contribution >= 4 is 16.8 Å². The maximum absolute atomic E-state index is 5.83. The van der Waals surface area contributed by atoms with E-state index in [1.165, 1.54) is 11.3 Å². The number of nitrogens with zero attached hydrogens (tertiary/aromatic N) is 1. The number of anilines is 1. The Labute approximate surface area is 116 Å². The molecule has 0 aliphatic carbocycles. The number of fused-ring (bicyclic) bond motifs is 2. The number of methoxy groups -OCH3 is 1. The van der Waals surface area contributed by atoms with Crippen LogP contribution < -0.4 is 10.1 Å². The largest absolute Gasteiger partial charge is 0.497 e. The molecule has 0 bridgehead atoms. The van der Waals surface area contributed by atoms with Crippen molar-refractivity contribution in [3.63, 3.8) is 0 Å². The summed E-state index contributed by atoms with van der Waals surface area (Å²) < 4.78 is 11.0. The van der Waals surface area contributed by atoms with E-state index in [1.54, 1.807) is 7.11 Å². The van der Waals surface area contributed by atoms with Crippen LogP contribution in [0.25, 0.3) is 22.6 Å². The zero-order valence-electron chi connectivity index (χ0n) is 11.1. The number of benzene rings is 2. The van der Waals surface area contributed by atoms with E-state index in [-0.39, 0.29) is 0 Å². The molecule has 0 fully saturated rings. The zero-order valence-corrected chi connectivity index (χ0v) is 11.1. The van der Waals surface area contributed by atoms with E-state index in [9.17, 15) is 0 Å². The predicted molar refractivity (Wildman–Crippen MR) is 78.2 cm³/mol. The Balaban J connectivity index is 1.81. The fourth-order valence-corrected chi connectivity index (χ4v) is 2.60. The minimum atomic E-state index is 0.656. The molecular formula is C16H14N2O2. The first-order chi connectivity index (χ1) is 9.83. The molecule has 4 heteroatoms. The predicted octanol–water partition coefficient (Wildman–Crippen LogP) is 3.47. The highest BCUT2D eigenvalue weighted by atomic mass is 16.5. The van der Waals surface area contributed by atoms with Crippen LogP contribution >= 0.6 is 0 Å². The number of hydrogen-bond donors (Lipinski definition) is 1. The average molecular weight is 266 g/mol. The van der Waals surface area contributed by atoms with Gasteiger partial charge in [-0.3, -0.25) is 0 Å². The van der Waals surface area contributed by atoms with Gasteiger partial charge in [-0.1, -0.05) is 0 Å². The van der Waals surface area contributed by atoms with E-state index in [0.717, 1.165) is 35.4 Å². The van der Waals surface area contributed by atoms with Crippen molar-refractivity contribution in [3.05, 3.63) is 42.0 Å². The number of hydrogen-bond acceptors (Lipinski definition) is 4. The molecule has 0 radical (unpaired) electrons. The molecule has 3 aromatic rings. The van der Waals surface area contributed by atoms with Crippen LogP contribution in [0.4, 0.5) is 5.69 Å². The van der Waals surface area contributed by atoms with Crippen LogP contribution in [-0.4, -0.2) is 18.6 Å². The van der Waals surface area contributed by atoms with Crippen LogP contribution in [0.2, 0.25) is 0 Å². The van der Waals surface area contributed by atoms with E-state index >= 15 is 0 Å². The van der Waals surface area contributed by atoms with Gasteiger partial charge in [-0.2, -0.15) is 0 Å². The number of rotatable bonds is 2. The second kappa shape index (κ2) is 4.27. The molecule has 4 nitrogen and oxygen atoms in total. The summed E-state index contributed by atoms with van der Waals surface area (Å²) in [6.07, 6.45) is 1.05. The fourth-order valence-electron chi connectivity index (χ4n) is 2.60. The lowest BCUT2D eigenvalue weighted by molar-refractivity contribution is 0.415. The van der Waals surface area contributed by atoms with Gasteiger partial charge in [0.15, 0.2) is 5.58 Å². The van der Waals surface area contributed by atoms with Gasteiger partial charge in [0.05, 0.1) is 7.11 Å². The lowest BCUT2D eigenvalue weighted by Crippen LogP contribution is -1.90. The average Bonchev–Trinajstić information content (AvgIpc) is 3.11. The highest BCUT2D eigenvalue weighted by Crippen LogP contribution is 2.31. The lowest BCUT2D eigenvalue weighted by Gasteiger charge is -2.00. The van der Waals surface area contributed by atoms with Crippen molar-refractivity contribution in [2.45, 2.75) is 6.42 Å². The second-order valence-electron chi connectivity index (χ2n) is 4.90. The summed E-state index contributed by atoms with van der Waals surface area (Å²) in [4.78, 5) is 4.55. The van der Waals surface area contributed by atoms with Crippen LogP contribution in [0.5, 0.6) is 5.75 Å². The number of oxazole rings is 1. The molecule has 4 rings (SSSR count). The SMILES string of the molecule is COc1ccc2oc(-c3ccc4c(c3)CCN4)nc2c1. The number of ether oxygens (including phenoxy) is 1. The Morgan fingerprint density at radius 3 is 3.05 bits per heavy atom. The molecule has 0 saturated heterocycles. The molecule has 1 N–H and O–H groups in total. The van der Waals surface area contributed by atoms with E-state index in [2.05, 4.69) is 22.4 Å². The molecule has 0 saturated carbocycles. The van der Waals surface area contributed by atoms with Gasteiger partial charge in [0.2, 0.25) is 5.89 Å². The highest BCUT2D eigenvalue weighted by Gasteiger charge is 2.14. The van der Waals surface area contributed by atoms with Crippen molar-refractivity contribution in [1.29, 1.82) is 0 Å². The Morgan fingerprint density at radius 1 is 1.20 bits per heavy atom. The normalized spacial score (nSPS) is 13.2. The lowest BCUT2D eigenvalue weighted by atomic mass is 10.1. The third kappa shape index (κ3) is 1.72. The molecule has 1 aliphatic heterocycles. The van der Waals surface area contributed by atoms with Gasteiger partial charge < -0.3 is 14.5 Å². The molecule has 0 amide bonds. The van der Waals surface area contributed by atoms with Gasteiger partial charge in [0, 0.05) is 23.9 Å². The Morgan fingerprint density at radius 2 is 2.15 bits per heavy atom. The summed E-state index contributed by atoms with van der Waals surface area (Å²) in [5, 5.41) is 3.35. The monoisotopic (exact) mass is 266 g/mol. The maximum Gasteiger partial charge on any atom is 0.227 e. The standard InChI is InChI=1S/C16H14N2O2/c1-19-12-3-5-15-14(9-12)18-16(20-15)11-2-4-13-10(8-11)6-7-17-13/h2-5,8-9,17H,6-7H2,1H3. The first-order valence-electron chi connectivity index (χ1n) is 6.65. The summed E-state index contributed by atoms with van der Waals surface area (Å²) >= 11 is 0. The number of nitrogens with one attached hydrogen (secondary N) is 1. The molecule has 1 aromatic heterocycles. The molecule has 0 spiro atoms. The minimum Gasteiger partial charge on any atom is -0.497 e. The van der Waals surface area contributed by atoms with Gasteiger partial charge in [0.25, 0.3) is 0 Å². The Hall–Kier alpha value is -2.49. The van der Waals surface area contributed by atoms with Crippen molar-refractivity contribution < 1.29 is 9.15 Å². The number of aromatic nitrogens is 1. The van der Waals surface area contributed by atoms with Crippen LogP contribution in [0, 0.1) is 0 Å². The summed E-state index contributed by atoms with van der Waals surface area (Å²) in [5.74, 6) is 1.44. The zero-order chi connectivity index (χ0) is 13.5. The third-order valence-corrected chi connectivity index (χ3v) is 3.66. The van der Waals surface area contributed by atoms with E-state index in [4.69, 9.17) is 9.15 Å². The van der Waals surface area contributed by atoms with E-state index < -0.39 is 0 Å². The van der Waals surface area contributed by atoms with Crippen LogP contribution in [-0.2, 0) is 6.42 Å². The van der Waals surface area contributed by atoms with Gasteiger partial charge in [-0.25, -0.2) is 4.98 Å². The second-order valence-corrected chi connectivity index (χ2v) is 4.90. The van der Waals surface area contributed by atoms with E-state index in [0.29, 0.717) is 5.89 Å². The summed E-state index contributed by atoms with van der Waals surface area (Å²) in [5.41, 5.74) is 5.15. The highest BCUT2D eigenvalue weighted by molar-refractivity contribution is 5.78. The van der Waals surface area contributed by atoms with Gasteiger partial charge in [-0.05, 0) is 42.3 Å². The minimum absolute atomic E-state index is 0.656. The molecule has 2 aromatic carbocycles. The molecule has 2 heterocycles. The molecule has 1 aliphatic rings. The summed E-state index contributed by atoms with van der Waals surface area (Å²) in [7, 11) is 1.65. The maximum atomic E-state index is 5.83. The van der Waals surface area contributed by atoms with Gasteiger partial charge in [-0.15, -0.1) is 0 Å². The molecule has 100 valence electrons. The van der Waals surface area contributed by atoms with E-state index in [1.807, 2.05) is 24.3 Å². The first-order valence-corrected chi connectivity index (χ1v) is 6.65. The van der Waals surface area contributed by atoms with Gasteiger partial charge >= 0.3 is 0 Å². The molecule has 20 heavy (non-hydrogen) atoms. The van der Waals surface area contributed by atoms with Crippen LogP contribution in [0.1, 0.15) is 5.56 Å². The summed E-state index contributed by atoms with van der Waals surface area (Å²) in [6.45, 7) is 1.00. The van der Waals surface area contributed by atoms with Crippen molar-refractivity contribution in [2.75, 3.05) is 19.0 Å². The Kier molecular flexibility index (Phi) is 2.42. The van der Waals surface area contributed by atoms with Gasteiger partial charge in [0.1, 0.15) is 11.3 Å². The van der Waals surface area contributed by atoms with Crippen LogP contribution in [0.3, 0.4) is 0 Å². The molecule has 0 unspecified atom stereocenters. The molecule has 0 atom stereocenters. The third-order valence-electron chi connectivity index (χ3n) is 3.66. The first kappa shape index (κ1) is 11.3.